The lowest BCUT2D eigenvalue weighted by molar-refractivity contribution is 5.15. The zero-order valence-electron chi connectivity index (χ0n) is 2.46. The van der Waals surface area contributed by atoms with Crippen molar-refractivity contribution < 1.29 is 0 Å². The van der Waals surface area contributed by atoms with Crippen LogP contribution in [-0.4, -0.2) is 0 Å². The van der Waals surface area contributed by atoms with Crippen LogP contribution in [0, 0.1) is 0 Å². The van der Waals surface area contributed by atoms with Crippen LogP contribution in [0.25, 0.3) is 0 Å². The smallest absolute Gasteiger partial charge is 0.00972 e. The van der Waals surface area contributed by atoms with E-state index in [1.165, 1.54) is 0 Å². The average molecular weight is 160 g/mol. The molecule has 0 aliphatic carbocycles. The van der Waals surface area contributed by atoms with Crippen LogP contribution in [-0.2, 0) is 11.8 Å². The second kappa shape index (κ2) is 3.98. The summed E-state index contributed by atoms with van der Waals surface area (Å²) < 4.78 is 0. The minimum absolute atomic E-state index is 0.0221. The molecule has 0 aliphatic heterocycles. The van der Waals surface area contributed by atoms with E-state index in [-0.39, 0.29) is 6.99 Å². The largest absolute Gasteiger partial charge is 0.0975 e. The zero-order chi connectivity index (χ0) is 4.28. The highest BCUT2D eigenvalue weighted by molar-refractivity contribution is 8.73. The first kappa shape index (κ1) is 6.81. The van der Waals surface area contributed by atoms with Gasteiger partial charge < -0.3 is 0 Å². The van der Waals surface area contributed by atoms with Gasteiger partial charge in [-0.3, -0.25) is 0 Å². The van der Waals surface area contributed by atoms with Gasteiger partial charge in [-0.05, 0) is 6.99 Å². The highest BCUT2D eigenvalue weighted by Gasteiger charge is 1.76. The van der Waals surface area contributed by atoms with Crippen LogP contribution in [0.3, 0.4) is 0 Å². The lowest BCUT2D eigenvalue weighted by Gasteiger charge is -1.82. The Morgan fingerprint density at radius 1 is 1.60 bits per heavy atom. The maximum Gasteiger partial charge on any atom is 0.00972 e. The minimum Gasteiger partial charge on any atom is -0.0975 e. The third-order valence-electron chi connectivity index (χ3n) is 0.0943. The van der Waals surface area contributed by atoms with Crippen LogP contribution >= 0.6 is 31.9 Å². The predicted molar refractivity (Wildman–Crippen MR) is 40.6 cm³/mol. The van der Waals surface area contributed by atoms with Crippen molar-refractivity contribution in [1.29, 1.82) is 0 Å². The van der Waals surface area contributed by atoms with E-state index in [4.69, 9.17) is 0 Å². The molecule has 30 valence electrons. The molecule has 0 nitrogen and oxygen atoms in total. The van der Waals surface area contributed by atoms with Crippen molar-refractivity contribution in [2.24, 2.45) is 0 Å². The van der Waals surface area contributed by atoms with Gasteiger partial charge in [0.1, 0.15) is 0 Å². The summed E-state index contributed by atoms with van der Waals surface area (Å²) in [5.74, 6) is 0. The Morgan fingerprint density at radius 2 is 1.80 bits per heavy atom. The van der Waals surface area contributed by atoms with Crippen molar-refractivity contribution in [2.45, 2.75) is 0 Å². The second-order valence-corrected chi connectivity index (χ2v) is 12.5. The van der Waals surface area contributed by atoms with Gasteiger partial charge >= 0.3 is 0 Å². The standard InChI is InChI=1S/H4P4S/c1-4(2)3-5/h1-2H2. The molecule has 2 unspecified atom stereocenters. The maximum atomic E-state index is 4.64. The van der Waals surface area contributed by atoms with Crippen molar-refractivity contribution in [2.75, 3.05) is 0 Å². The van der Waals surface area contributed by atoms with E-state index in [0.29, 0.717) is 0 Å². The molecule has 0 saturated carbocycles. The molecule has 0 saturated heterocycles. The Morgan fingerprint density at radius 3 is 1.80 bits per heavy atom. The molecule has 0 N–H and O–H groups in total. The molecule has 0 rings (SSSR count). The van der Waals surface area contributed by atoms with Crippen LogP contribution in [0.4, 0.5) is 0 Å². The van der Waals surface area contributed by atoms with Crippen LogP contribution < -0.4 is 0 Å². The van der Waals surface area contributed by atoms with Crippen molar-refractivity contribution in [3.05, 3.63) is 0 Å². The molecular weight excluding hydrogens is 156 g/mol. The van der Waals surface area contributed by atoms with Gasteiger partial charge in [-0.1, -0.05) is 29.7 Å². The summed E-state index contributed by atoms with van der Waals surface area (Å²) in [6.45, 7) is 0.0221. The first-order chi connectivity index (χ1) is 2.27. The van der Waals surface area contributed by atoms with Crippen molar-refractivity contribution in [3.8, 4) is 0 Å². The normalized spacial score (nSPS) is 10.2. The fourth-order valence-corrected chi connectivity index (χ4v) is 0. The molecule has 0 bridgehead atoms. The summed E-state index contributed by atoms with van der Waals surface area (Å²) in [5, 5.41) is 0. The third-order valence-corrected chi connectivity index (χ3v) is 7.64. The molecule has 0 heterocycles. The first-order valence-electron chi connectivity index (χ1n) is 0.899. The molecule has 2 atom stereocenters. The Bertz CT molecular complexity index is 30.6. The fourth-order valence-electron chi connectivity index (χ4n) is 0. The van der Waals surface area contributed by atoms with E-state index in [2.05, 4.69) is 29.7 Å². The molecule has 0 radical (unpaired) electrons. The summed E-state index contributed by atoms with van der Waals surface area (Å²) >= 11 is 4.64. The third kappa shape index (κ3) is 5.81. The minimum atomic E-state index is 0.0221. The van der Waals surface area contributed by atoms with E-state index < -0.39 is 0 Å². The zero-order valence-corrected chi connectivity index (χ0v) is 7.37. The van der Waals surface area contributed by atoms with Crippen molar-refractivity contribution >= 4 is 43.7 Å². The Labute approximate surface area is 44.2 Å². The molecule has 0 aromatic carbocycles. The molecule has 0 aromatic heterocycles. The molecule has 0 amide bonds. The predicted octanol–water partition coefficient (Wildman–Crippen LogP) is 2.37. The maximum absolute atomic E-state index is 4.64. The Hall–Kier alpha value is 1.81. The summed E-state index contributed by atoms with van der Waals surface area (Å²) in [7, 11) is 6.36. The van der Waals surface area contributed by atoms with Gasteiger partial charge in [-0.25, -0.2) is 0 Å². The van der Waals surface area contributed by atoms with Crippen LogP contribution in [0.5, 0.6) is 0 Å². The van der Waals surface area contributed by atoms with Crippen LogP contribution in [0.1, 0.15) is 0 Å². The lowest BCUT2D eigenvalue weighted by Crippen LogP contribution is -0.978. The van der Waals surface area contributed by atoms with Crippen molar-refractivity contribution in [1.82, 2.24) is 0 Å². The van der Waals surface area contributed by atoms with E-state index in [1.54, 1.807) is 0 Å². The van der Waals surface area contributed by atoms with Crippen LogP contribution in [0.2, 0.25) is 0 Å². The molecule has 0 spiro atoms. The van der Waals surface area contributed by atoms with Crippen molar-refractivity contribution in [3.63, 3.8) is 0 Å². The van der Waals surface area contributed by atoms with Gasteiger partial charge in [0.2, 0.25) is 0 Å². The summed E-state index contributed by atoms with van der Waals surface area (Å²) in [4.78, 5) is 0. The molecule has 5 heteroatoms. The highest BCUT2D eigenvalue weighted by atomic mass is 32.9. The van der Waals surface area contributed by atoms with E-state index in [0.717, 1.165) is 7.04 Å². The Kier molecular flexibility index (Phi) is 5.42. The highest BCUT2D eigenvalue weighted by Crippen LogP contribution is 2.63. The summed E-state index contributed by atoms with van der Waals surface area (Å²) in [6.07, 6.45) is 0. The Balaban J connectivity index is 2.83. The lowest BCUT2D eigenvalue weighted by atomic mass is 29.2. The van der Waals surface area contributed by atoms with E-state index in [9.17, 15) is 0 Å². The molecule has 0 aromatic rings. The van der Waals surface area contributed by atoms with Crippen LogP contribution in [0.15, 0.2) is 0 Å². The van der Waals surface area contributed by atoms with Gasteiger partial charge in [-0.2, -0.15) is 0 Å². The van der Waals surface area contributed by atoms with E-state index in [1.807, 2.05) is 0 Å². The molecular formula is H4P4S. The number of hydrogen-bond acceptors (Lipinski definition) is 1. The van der Waals surface area contributed by atoms with Gasteiger partial charge in [0.25, 0.3) is 0 Å². The van der Waals surface area contributed by atoms with Gasteiger partial charge in [-0.15, -0.1) is 0 Å². The molecule has 0 aliphatic rings. The van der Waals surface area contributed by atoms with Gasteiger partial charge in [0, 0.05) is 7.04 Å². The number of hydrogen-bond donors (Lipinski definition) is 0. The molecule has 0 fully saturated rings. The van der Waals surface area contributed by atoms with E-state index >= 15 is 0 Å². The first-order valence-corrected chi connectivity index (χ1v) is 8.09. The monoisotopic (exact) mass is 160 g/mol. The van der Waals surface area contributed by atoms with Gasteiger partial charge in [0.05, 0.1) is 0 Å². The second-order valence-electron chi connectivity index (χ2n) is 0.462. The quantitative estimate of drug-likeness (QED) is 0.530. The number of rotatable bonds is 1. The summed E-state index contributed by atoms with van der Waals surface area (Å²) in [5.41, 5.74) is 0. The van der Waals surface area contributed by atoms with Gasteiger partial charge in [0.15, 0.2) is 0 Å². The fraction of sp³-hybridized carbons (Fsp3) is 0. The SMILES string of the molecule is PP(P)P=S. The average Bonchev–Trinajstić information content (AvgIpc) is 1.38. The topological polar surface area (TPSA) is 0 Å². The summed E-state index contributed by atoms with van der Waals surface area (Å²) in [6, 6.07) is 0. The molecule has 5 heavy (non-hydrogen) atoms.